The van der Waals surface area contributed by atoms with Crippen molar-refractivity contribution in [3.8, 4) is 11.5 Å². The fraction of sp³-hybridized carbons (Fsp3) is 0.625. The Labute approximate surface area is 131 Å². The van der Waals surface area contributed by atoms with E-state index in [-0.39, 0.29) is 18.4 Å². The molecule has 22 heavy (non-hydrogen) atoms. The first kappa shape index (κ1) is 17.0. The number of aromatic hydroxyl groups is 1. The van der Waals surface area contributed by atoms with Gasteiger partial charge in [0.2, 0.25) is 0 Å². The van der Waals surface area contributed by atoms with Gasteiger partial charge in [-0.15, -0.1) is 0 Å². The highest BCUT2D eigenvalue weighted by Crippen LogP contribution is 2.37. The molecule has 0 fully saturated rings. The molecule has 124 valence electrons. The van der Waals surface area contributed by atoms with Gasteiger partial charge in [0.1, 0.15) is 0 Å². The molecule has 0 saturated carbocycles. The van der Waals surface area contributed by atoms with Crippen LogP contribution < -0.4 is 10.1 Å². The maximum Gasteiger partial charge on any atom is 0.160 e. The fourth-order valence-electron chi connectivity index (χ4n) is 2.98. The van der Waals surface area contributed by atoms with Gasteiger partial charge in [0.15, 0.2) is 11.5 Å². The monoisotopic (exact) mass is 310 g/mol. The summed E-state index contributed by atoms with van der Waals surface area (Å²) in [5.74, 6) is 0.660. The number of aliphatic hydroxyl groups is 2. The highest BCUT2D eigenvalue weighted by Gasteiger charge is 2.26. The quantitative estimate of drug-likeness (QED) is 0.541. The lowest BCUT2D eigenvalue weighted by Crippen LogP contribution is -2.42. The van der Waals surface area contributed by atoms with Crippen molar-refractivity contribution in [1.29, 1.82) is 0 Å². The van der Waals surface area contributed by atoms with Crippen molar-refractivity contribution >= 4 is 0 Å². The van der Waals surface area contributed by atoms with E-state index in [1.165, 1.54) is 0 Å². The number of hydrogen-bond acceptors (Lipinski definition) is 6. The van der Waals surface area contributed by atoms with Crippen molar-refractivity contribution in [3.05, 3.63) is 23.3 Å². The molecule has 1 aliphatic rings. The zero-order valence-electron chi connectivity index (χ0n) is 13.2. The van der Waals surface area contributed by atoms with Gasteiger partial charge in [-0.25, -0.2) is 0 Å². The largest absolute Gasteiger partial charge is 0.504 e. The van der Waals surface area contributed by atoms with E-state index < -0.39 is 6.10 Å². The fourth-order valence-corrected chi connectivity index (χ4v) is 2.98. The van der Waals surface area contributed by atoms with Gasteiger partial charge in [0, 0.05) is 32.2 Å². The number of methoxy groups -OCH3 is 1. The number of nitrogens with one attached hydrogen (secondary N) is 1. The number of phenols is 1. The number of rotatable bonds is 7. The Kier molecular flexibility index (Phi) is 6.02. The van der Waals surface area contributed by atoms with Crippen molar-refractivity contribution in [2.75, 3.05) is 39.9 Å². The van der Waals surface area contributed by atoms with E-state index in [0.29, 0.717) is 25.4 Å². The number of phenolic OH excluding ortho intramolecular Hbond substituents is 1. The van der Waals surface area contributed by atoms with Crippen LogP contribution in [-0.4, -0.2) is 66.2 Å². The molecule has 4 N–H and O–H groups in total. The SMILES string of the molecule is COc1cc2c(cc1O)CCN(C[C@H](O)CNCCO)[C@@H]2C. The van der Waals surface area contributed by atoms with Crippen LogP contribution in [0.15, 0.2) is 12.1 Å². The number of fused-ring (bicyclic) bond motifs is 1. The van der Waals surface area contributed by atoms with Crippen molar-refractivity contribution in [1.82, 2.24) is 10.2 Å². The molecule has 0 unspecified atom stereocenters. The van der Waals surface area contributed by atoms with Crippen LogP contribution in [0.1, 0.15) is 24.1 Å². The molecule has 1 aromatic carbocycles. The first-order valence-electron chi connectivity index (χ1n) is 7.70. The maximum absolute atomic E-state index is 10.1. The van der Waals surface area contributed by atoms with Gasteiger partial charge in [-0.3, -0.25) is 4.90 Å². The summed E-state index contributed by atoms with van der Waals surface area (Å²) in [4.78, 5) is 2.23. The normalized spacial score (nSPS) is 19.7. The molecule has 0 amide bonds. The highest BCUT2D eigenvalue weighted by molar-refractivity contribution is 5.48. The van der Waals surface area contributed by atoms with Gasteiger partial charge in [0.25, 0.3) is 0 Å². The minimum atomic E-state index is -0.477. The average molecular weight is 310 g/mol. The zero-order valence-corrected chi connectivity index (χ0v) is 13.2. The molecular formula is C16H26N2O4. The van der Waals surface area contributed by atoms with E-state index in [2.05, 4.69) is 17.1 Å². The third-order valence-electron chi connectivity index (χ3n) is 4.22. The Morgan fingerprint density at radius 3 is 2.91 bits per heavy atom. The predicted molar refractivity (Wildman–Crippen MR) is 84.3 cm³/mol. The summed E-state index contributed by atoms with van der Waals surface area (Å²) in [6, 6.07) is 3.82. The molecular weight excluding hydrogens is 284 g/mol. The van der Waals surface area contributed by atoms with Crippen molar-refractivity contribution in [2.24, 2.45) is 0 Å². The number of ether oxygens (including phenoxy) is 1. The van der Waals surface area contributed by atoms with Crippen LogP contribution in [0.5, 0.6) is 11.5 Å². The summed E-state index contributed by atoms with van der Waals surface area (Å²) in [7, 11) is 1.54. The smallest absolute Gasteiger partial charge is 0.160 e. The van der Waals surface area contributed by atoms with Crippen LogP contribution in [0.25, 0.3) is 0 Å². The van der Waals surface area contributed by atoms with Crippen LogP contribution in [0.3, 0.4) is 0 Å². The number of β-amino-alcohol motifs (C(OH)–C–C–N with tert-alkyl or cyclic N) is 1. The average Bonchev–Trinajstić information content (AvgIpc) is 2.50. The van der Waals surface area contributed by atoms with E-state index in [0.717, 1.165) is 24.1 Å². The Morgan fingerprint density at radius 2 is 2.23 bits per heavy atom. The van der Waals surface area contributed by atoms with Gasteiger partial charge >= 0.3 is 0 Å². The molecule has 1 aliphatic heterocycles. The van der Waals surface area contributed by atoms with Crippen molar-refractivity contribution < 1.29 is 20.1 Å². The molecule has 0 aliphatic carbocycles. The summed E-state index contributed by atoms with van der Waals surface area (Å²) in [5.41, 5.74) is 2.27. The minimum absolute atomic E-state index is 0.0729. The number of aliphatic hydroxyl groups excluding tert-OH is 2. The first-order chi connectivity index (χ1) is 10.6. The molecule has 0 spiro atoms. The van der Waals surface area contributed by atoms with Crippen LogP contribution in [0.4, 0.5) is 0 Å². The Balaban J connectivity index is 2.03. The van der Waals surface area contributed by atoms with E-state index in [4.69, 9.17) is 9.84 Å². The van der Waals surface area contributed by atoms with E-state index in [1.807, 2.05) is 6.07 Å². The summed E-state index contributed by atoms with van der Waals surface area (Å²) in [6.07, 6.45) is 0.364. The van der Waals surface area contributed by atoms with Gasteiger partial charge in [-0.1, -0.05) is 0 Å². The minimum Gasteiger partial charge on any atom is -0.504 e. The van der Waals surface area contributed by atoms with Crippen molar-refractivity contribution in [3.63, 3.8) is 0 Å². The number of nitrogens with zero attached hydrogens (tertiary/aromatic N) is 1. The van der Waals surface area contributed by atoms with Crippen LogP contribution >= 0.6 is 0 Å². The third-order valence-corrected chi connectivity index (χ3v) is 4.22. The third kappa shape index (κ3) is 3.89. The molecule has 6 nitrogen and oxygen atoms in total. The summed E-state index contributed by atoms with van der Waals surface area (Å²) in [5, 5.41) is 31.7. The molecule has 6 heteroatoms. The molecule has 2 atom stereocenters. The van der Waals surface area contributed by atoms with E-state index in [9.17, 15) is 10.2 Å². The lowest BCUT2D eigenvalue weighted by atomic mass is 9.92. The molecule has 1 heterocycles. The predicted octanol–water partition coefficient (Wildman–Crippen LogP) is 0.263. The molecule has 0 radical (unpaired) electrons. The van der Waals surface area contributed by atoms with Gasteiger partial charge in [-0.05, 0) is 36.6 Å². The second-order valence-electron chi connectivity index (χ2n) is 5.73. The maximum atomic E-state index is 10.1. The Morgan fingerprint density at radius 1 is 1.45 bits per heavy atom. The second-order valence-corrected chi connectivity index (χ2v) is 5.73. The lowest BCUT2D eigenvalue weighted by molar-refractivity contribution is 0.0850. The molecule has 0 saturated heterocycles. The van der Waals surface area contributed by atoms with Gasteiger partial charge in [-0.2, -0.15) is 0 Å². The summed E-state index contributed by atoms with van der Waals surface area (Å²) in [6.45, 7) is 4.55. The standard InChI is InChI=1S/C16H26N2O4/c1-11-14-8-16(22-2)15(21)7-12(14)3-5-18(11)10-13(20)9-17-4-6-19/h7-8,11,13,17,19-21H,3-6,9-10H2,1-2H3/t11-,13-/m1/s1. The first-order valence-corrected chi connectivity index (χ1v) is 7.70. The van der Waals surface area contributed by atoms with Crippen LogP contribution in [0, 0.1) is 0 Å². The molecule has 2 rings (SSSR count). The van der Waals surface area contributed by atoms with E-state index in [1.54, 1.807) is 13.2 Å². The van der Waals surface area contributed by atoms with Crippen LogP contribution in [-0.2, 0) is 6.42 Å². The number of benzene rings is 1. The van der Waals surface area contributed by atoms with E-state index >= 15 is 0 Å². The van der Waals surface area contributed by atoms with Gasteiger partial charge in [0.05, 0.1) is 19.8 Å². The Bertz CT molecular complexity index is 495. The lowest BCUT2D eigenvalue weighted by Gasteiger charge is -2.36. The van der Waals surface area contributed by atoms with Crippen molar-refractivity contribution in [2.45, 2.75) is 25.5 Å². The zero-order chi connectivity index (χ0) is 16.1. The van der Waals surface area contributed by atoms with Gasteiger partial charge < -0.3 is 25.4 Å². The molecule has 0 aromatic heterocycles. The second kappa shape index (κ2) is 7.78. The topological polar surface area (TPSA) is 85.2 Å². The summed E-state index contributed by atoms with van der Waals surface area (Å²) < 4.78 is 5.19. The molecule has 0 bridgehead atoms. The Hall–Kier alpha value is -1.34. The van der Waals surface area contributed by atoms with Crippen LogP contribution in [0.2, 0.25) is 0 Å². The number of hydrogen-bond donors (Lipinski definition) is 4. The molecule has 1 aromatic rings. The highest BCUT2D eigenvalue weighted by atomic mass is 16.5. The summed E-state index contributed by atoms with van der Waals surface area (Å²) >= 11 is 0.